The Morgan fingerprint density at radius 3 is 2.58 bits per heavy atom. The Balaban J connectivity index is 1.63. The van der Waals surface area contributed by atoms with Crippen molar-refractivity contribution in [3.63, 3.8) is 0 Å². The van der Waals surface area contributed by atoms with E-state index in [1.165, 1.54) is 0 Å². The third-order valence-electron chi connectivity index (χ3n) is 3.64. The van der Waals surface area contributed by atoms with Gasteiger partial charge in [-0.1, -0.05) is 6.07 Å². The van der Waals surface area contributed by atoms with Crippen LogP contribution in [0.25, 0.3) is 0 Å². The molecule has 0 saturated carbocycles. The van der Waals surface area contributed by atoms with Gasteiger partial charge in [0, 0.05) is 11.3 Å². The molecule has 3 rings (SSSR count). The number of hydrogen-bond donors (Lipinski definition) is 1. The summed E-state index contributed by atoms with van der Waals surface area (Å²) in [4.78, 5) is 12.4. The lowest BCUT2D eigenvalue weighted by atomic mass is 10.2. The van der Waals surface area contributed by atoms with Crippen molar-refractivity contribution in [1.29, 1.82) is 0 Å². The topological polar surface area (TPSA) is 73.3 Å². The van der Waals surface area contributed by atoms with Crippen LogP contribution in [0.4, 0.5) is 5.69 Å². The van der Waals surface area contributed by atoms with Crippen LogP contribution in [-0.2, 0) is 6.61 Å². The normalized spacial score (nSPS) is 10.4. The maximum Gasteiger partial charge on any atom is 0.255 e. The minimum Gasteiger partial charge on any atom is -0.494 e. The van der Waals surface area contributed by atoms with Gasteiger partial charge in [-0.25, -0.2) is 0 Å². The molecular weight excluding hydrogens is 350 g/mol. The van der Waals surface area contributed by atoms with Crippen LogP contribution in [0.15, 0.2) is 48.5 Å². The van der Waals surface area contributed by atoms with E-state index in [2.05, 4.69) is 14.1 Å². The van der Waals surface area contributed by atoms with Gasteiger partial charge in [0.05, 0.1) is 24.0 Å². The molecule has 26 heavy (non-hydrogen) atoms. The molecule has 3 aromatic rings. The third kappa shape index (κ3) is 4.58. The van der Waals surface area contributed by atoms with Gasteiger partial charge in [-0.05, 0) is 56.3 Å². The number of rotatable bonds is 7. The SMILES string of the molecule is CCOc1ccc(NC(=O)c2cccc(OCc3nsnc3C)c2)cc1. The first kappa shape index (κ1) is 17.9. The number of hydrogen-bond acceptors (Lipinski definition) is 6. The van der Waals surface area contributed by atoms with Crippen LogP contribution < -0.4 is 14.8 Å². The molecule has 2 aromatic carbocycles. The van der Waals surface area contributed by atoms with Crippen LogP contribution in [0.2, 0.25) is 0 Å². The minimum atomic E-state index is -0.203. The molecule has 6 nitrogen and oxygen atoms in total. The van der Waals surface area contributed by atoms with E-state index in [-0.39, 0.29) is 5.91 Å². The third-order valence-corrected chi connectivity index (χ3v) is 4.30. The van der Waals surface area contributed by atoms with Gasteiger partial charge >= 0.3 is 0 Å². The van der Waals surface area contributed by atoms with Gasteiger partial charge in [0.2, 0.25) is 0 Å². The lowest BCUT2D eigenvalue weighted by Crippen LogP contribution is -2.12. The van der Waals surface area contributed by atoms with Crippen LogP contribution in [-0.4, -0.2) is 21.3 Å². The Bertz CT molecular complexity index is 878. The summed E-state index contributed by atoms with van der Waals surface area (Å²) in [5.74, 6) is 1.18. The van der Waals surface area contributed by atoms with Gasteiger partial charge < -0.3 is 14.8 Å². The predicted molar refractivity (Wildman–Crippen MR) is 101 cm³/mol. The second-order valence-corrected chi connectivity index (χ2v) is 6.05. The zero-order chi connectivity index (χ0) is 18.4. The number of nitrogens with one attached hydrogen (secondary N) is 1. The number of nitrogens with zero attached hydrogens (tertiary/aromatic N) is 2. The molecule has 0 unspecified atom stereocenters. The summed E-state index contributed by atoms with van der Waals surface area (Å²) in [7, 11) is 0. The van der Waals surface area contributed by atoms with Crippen molar-refractivity contribution >= 4 is 23.3 Å². The van der Waals surface area contributed by atoms with Crippen molar-refractivity contribution in [1.82, 2.24) is 8.75 Å². The molecule has 134 valence electrons. The fourth-order valence-corrected chi connectivity index (χ4v) is 2.82. The highest BCUT2D eigenvalue weighted by atomic mass is 32.1. The van der Waals surface area contributed by atoms with Crippen molar-refractivity contribution in [2.45, 2.75) is 20.5 Å². The number of carbonyl (C=O) groups is 1. The summed E-state index contributed by atoms with van der Waals surface area (Å²) < 4.78 is 19.4. The number of carbonyl (C=O) groups excluding carboxylic acids is 1. The molecule has 0 atom stereocenters. The molecule has 0 bridgehead atoms. The Kier molecular flexibility index (Phi) is 5.80. The molecule has 0 aliphatic carbocycles. The monoisotopic (exact) mass is 369 g/mol. The number of aromatic nitrogens is 2. The number of benzene rings is 2. The first-order valence-corrected chi connectivity index (χ1v) is 8.94. The summed E-state index contributed by atoms with van der Waals surface area (Å²) >= 11 is 1.16. The van der Waals surface area contributed by atoms with Crippen LogP contribution in [0.3, 0.4) is 0 Å². The molecule has 1 aromatic heterocycles. The Labute approximate surface area is 156 Å². The van der Waals surface area contributed by atoms with Crippen molar-refractivity contribution in [3.05, 3.63) is 65.5 Å². The van der Waals surface area contributed by atoms with Crippen molar-refractivity contribution < 1.29 is 14.3 Å². The van der Waals surface area contributed by atoms with E-state index in [1.54, 1.807) is 30.3 Å². The first-order valence-electron chi connectivity index (χ1n) is 8.21. The molecule has 0 saturated heterocycles. The van der Waals surface area contributed by atoms with Crippen LogP contribution in [0.5, 0.6) is 11.5 Å². The van der Waals surface area contributed by atoms with E-state index in [1.807, 2.05) is 32.0 Å². The average Bonchev–Trinajstić information content (AvgIpc) is 3.07. The van der Waals surface area contributed by atoms with E-state index in [0.717, 1.165) is 28.9 Å². The van der Waals surface area contributed by atoms with Crippen molar-refractivity contribution in [2.24, 2.45) is 0 Å². The van der Waals surface area contributed by atoms with Crippen LogP contribution in [0, 0.1) is 6.92 Å². The highest BCUT2D eigenvalue weighted by molar-refractivity contribution is 6.99. The Hall–Kier alpha value is -2.93. The predicted octanol–water partition coefficient (Wildman–Crippen LogP) is 4.08. The van der Waals surface area contributed by atoms with Crippen LogP contribution in [0.1, 0.15) is 28.7 Å². The smallest absolute Gasteiger partial charge is 0.255 e. The summed E-state index contributed by atoms with van der Waals surface area (Å²) in [6.45, 7) is 4.75. The maximum atomic E-state index is 12.4. The highest BCUT2D eigenvalue weighted by Gasteiger charge is 2.09. The summed E-state index contributed by atoms with van der Waals surface area (Å²) in [6, 6.07) is 14.3. The van der Waals surface area contributed by atoms with Gasteiger partial charge in [-0.3, -0.25) is 4.79 Å². The average molecular weight is 369 g/mol. The number of ether oxygens (including phenoxy) is 2. The van der Waals surface area contributed by atoms with E-state index < -0.39 is 0 Å². The van der Waals surface area contributed by atoms with E-state index in [0.29, 0.717) is 30.2 Å². The van der Waals surface area contributed by atoms with Crippen molar-refractivity contribution in [2.75, 3.05) is 11.9 Å². The molecule has 0 aliphatic heterocycles. The maximum absolute atomic E-state index is 12.4. The van der Waals surface area contributed by atoms with E-state index in [4.69, 9.17) is 9.47 Å². The second kappa shape index (κ2) is 8.44. The quantitative estimate of drug-likeness (QED) is 0.679. The molecule has 7 heteroatoms. The summed E-state index contributed by atoms with van der Waals surface area (Å²) in [5.41, 5.74) is 2.89. The first-order chi connectivity index (χ1) is 12.7. The summed E-state index contributed by atoms with van der Waals surface area (Å²) in [6.07, 6.45) is 0. The number of aryl methyl sites for hydroxylation is 1. The molecule has 0 fully saturated rings. The van der Waals surface area contributed by atoms with E-state index >= 15 is 0 Å². The zero-order valence-corrected chi connectivity index (χ0v) is 15.4. The van der Waals surface area contributed by atoms with Gasteiger partial charge in [0.1, 0.15) is 23.8 Å². The number of anilines is 1. The zero-order valence-electron chi connectivity index (χ0n) is 14.6. The largest absolute Gasteiger partial charge is 0.494 e. The standard InChI is InChI=1S/C19H19N3O3S/c1-3-24-16-9-7-15(8-10-16)20-19(23)14-5-4-6-17(11-14)25-12-18-13(2)21-26-22-18/h4-11H,3,12H2,1-2H3,(H,20,23). The minimum absolute atomic E-state index is 0.203. The number of amides is 1. The lowest BCUT2D eigenvalue weighted by Gasteiger charge is -2.09. The lowest BCUT2D eigenvalue weighted by molar-refractivity contribution is 0.102. The summed E-state index contributed by atoms with van der Waals surface area (Å²) in [5, 5.41) is 2.86. The van der Waals surface area contributed by atoms with Crippen LogP contribution >= 0.6 is 11.7 Å². The molecule has 0 radical (unpaired) electrons. The van der Waals surface area contributed by atoms with Gasteiger partial charge in [-0.15, -0.1) is 0 Å². The fourth-order valence-electron chi connectivity index (χ4n) is 2.26. The van der Waals surface area contributed by atoms with Gasteiger partial charge in [0.25, 0.3) is 5.91 Å². The Morgan fingerprint density at radius 2 is 1.88 bits per heavy atom. The second-order valence-electron chi connectivity index (χ2n) is 5.52. The molecule has 0 aliphatic rings. The molecule has 1 heterocycles. The molecule has 0 spiro atoms. The highest BCUT2D eigenvalue weighted by Crippen LogP contribution is 2.19. The molecule has 1 amide bonds. The Morgan fingerprint density at radius 1 is 1.08 bits per heavy atom. The fraction of sp³-hybridized carbons (Fsp3) is 0.211. The molecule has 1 N–H and O–H groups in total. The van der Waals surface area contributed by atoms with Gasteiger partial charge in [0.15, 0.2) is 0 Å². The van der Waals surface area contributed by atoms with Crippen molar-refractivity contribution in [3.8, 4) is 11.5 Å². The van der Waals surface area contributed by atoms with Gasteiger partial charge in [-0.2, -0.15) is 8.75 Å². The molecular formula is C19H19N3O3S. The van der Waals surface area contributed by atoms with E-state index in [9.17, 15) is 4.79 Å².